The lowest BCUT2D eigenvalue weighted by Gasteiger charge is -2.34. The summed E-state index contributed by atoms with van der Waals surface area (Å²) in [5.41, 5.74) is 3.18. The Hall–Kier alpha value is -2.86. The average Bonchev–Trinajstić information content (AvgIpc) is 3.12. The Bertz CT molecular complexity index is 976. The number of hydrogen-bond donors (Lipinski definition) is 2. The van der Waals surface area contributed by atoms with Gasteiger partial charge >= 0.3 is 0 Å². The first-order valence-electron chi connectivity index (χ1n) is 9.68. The monoisotopic (exact) mass is 380 g/mol. The first-order valence-corrected chi connectivity index (χ1v) is 9.68. The Kier molecular flexibility index (Phi) is 5.30. The number of carbonyl (C=O) groups is 1. The standard InChI is InChI=1S/C22H25FN4O/c1-26-10-12-27(13-11-26)21-7-6-16(14-19(21)23)22(28)24-9-8-17-15-25-20-5-3-2-4-18(17)20/h2-7,14-15,25H,8-13H2,1H3,(H,24,28). The van der Waals surface area contributed by atoms with Gasteiger partial charge in [0.05, 0.1) is 5.69 Å². The summed E-state index contributed by atoms with van der Waals surface area (Å²) in [6.07, 6.45) is 2.69. The fourth-order valence-electron chi connectivity index (χ4n) is 3.70. The van der Waals surface area contributed by atoms with E-state index in [1.807, 2.05) is 29.3 Å². The fourth-order valence-corrected chi connectivity index (χ4v) is 3.70. The van der Waals surface area contributed by atoms with Crippen molar-refractivity contribution in [1.29, 1.82) is 0 Å². The number of carbonyl (C=O) groups excluding carboxylic acids is 1. The van der Waals surface area contributed by atoms with E-state index in [1.54, 1.807) is 12.1 Å². The fraction of sp³-hybridized carbons (Fsp3) is 0.318. The van der Waals surface area contributed by atoms with Crippen LogP contribution in [0.5, 0.6) is 0 Å². The molecular weight excluding hydrogens is 355 g/mol. The van der Waals surface area contributed by atoms with E-state index in [-0.39, 0.29) is 11.7 Å². The van der Waals surface area contributed by atoms with Crippen LogP contribution in [0.3, 0.4) is 0 Å². The van der Waals surface area contributed by atoms with E-state index in [0.29, 0.717) is 17.8 Å². The third-order valence-electron chi connectivity index (χ3n) is 5.41. The van der Waals surface area contributed by atoms with Crippen LogP contribution in [-0.2, 0) is 6.42 Å². The maximum Gasteiger partial charge on any atom is 0.251 e. The van der Waals surface area contributed by atoms with Crippen LogP contribution >= 0.6 is 0 Å². The van der Waals surface area contributed by atoms with Crippen molar-refractivity contribution in [3.8, 4) is 0 Å². The number of H-pyrrole nitrogens is 1. The van der Waals surface area contributed by atoms with Gasteiger partial charge in [-0.2, -0.15) is 0 Å². The van der Waals surface area contributed by atoms with E-state index in [0.717, 1.165) is 43.7 Å². The summed E-state index contributed by atoms with van der Waals surface area (Å²) in [4.78, 5) is 19.9. The quantitative estimate of drug-likeness (QED) is 0.715. The van der Waals surface area contributed by atoms with Gasteiger partial charge in [-0.15, -0.1) is 0 Å². The molecule has 0 unspecified atom stereocenters. The Balaban J connectivity index is 1.36. The largest absolute Gasteiger partial charge is 0.367 e. The molecule has 6 heteroatoms. The highest BCUT2D eigenvalue weighted by molar-refractivity contribution is 5.94. The molecule has 28 heavy (non-hydrogen) atoms. The van der Waals surface area contributed by atoms with Crippen molar-refractivity contribution in [3.63, 3.8) is 0 Å². The van der Waals surface area contributed by atoms with Crippen LogP contribution in [-0.4, -0.2) is 55.6 Å². The summed E-state index contributed by atoms with van der Waals surface area (Å²) in [7, 11) is 2.07. The van der Waals surface area contributed by atoms with Crippen LogP contribution in [0, 0.1) is 5.82 Å². The molecule has 0 spiro atoms. The molecule has 1 aliphatic heterocycles. The topological polar surface area (TPSA) is 51.4 Å². The Morgan fingerprint density at radius 3 is 2.71 bits per heavy atom. The third kappa shape index (κ3) is 3.87. The van der Waals surface area contributed by atoms with Gasteiger partial charge in [0.2, 0.25) is 0 Å². The molecule has 1 aliphatic rings. The number of aromatic nitrogens is 1. The number of fused-ring (bicyclic) bond motifs is 1. The van der Waals surface area contributed by atoms with E-state index in [4.69, 9.17) is 0 Å². The smallest absolute Gasteiger partial charge is 0.251 e. The minimum Gasteiger partial charge on any atom is -0.367 e. The lowest BCUT2D eigenvalue weighted by atomic mass is 10.1. The third-order valence-corrected chi connectivity index (χ3v) is 5.41. The zero-order valence-corrected chi connectivity index (χ0v) is 16.0. The van der Waals surface area contributed by atoms with Crippen LogP contribution < -0.4 is 10.2 Å². The molecule has 4 rings (SSSR count). The van der Waals surface area contributed by atoms with Crippen LogP contribution in [0.2, 0.25) is 0 Å². The Morgan fingerprint density at radius 2 is 1.93 bits per heavy atom. The number of piperazine rings is 1. The molecule has 1 aromatic heterocycles. The molecule has 3 aromatic rings. The maximum atomic E-state index is 14.6. The van der Waals surface area contributed by atoms with E-state index in [1.165, 1.54) is 11.5 Å². The van der Waals surface area contributed by atoms with Gasteiger partial charge in [0.15, 0.2) is 0 Å². The normalized spacial score (nSPS) is 15.1. The Labute approximate surface area is 164 Å². The molecule has 5 nitrogen and oxygen atoms in total. The van der Waals surface area contributed by atoms with Crippen molar-refractivity contribution in [2.45, 2.75) is 6.42 Å². The zero-order valence-electron chi connectivity index (χ0n) is 16.0. The van der Waals surface area contributed by atoms with E-state index >= 15 is 0 Å². The Morgan fingerprint density at radius 1 is 1.14 bits per heavy atom. The van der Waals surface area contributed by atoms with Crippen LogP contribution in [0.25, 0.3) is 10.9 Å². The number of anilines is 1. The molecular formula is C22H25FN4O. The summed E-state index contributed by atoms with van der Waals surface area (Å²) in [5.74, 6) is -0.586. The first kappa shape index (κ1) is 18.5. The molecule has 1 amide bonds. The summed E-state index contributed by atoms with van der Waals surface area (Å²) in [6.45, 7) is 3.92. The first-order chi connectivity index (χ1) is 13.6. The number of rotatable bonds is 5. The second kappa shape index (κ2) is 8.02. The van der Waals surface area contributed by atoms with E-state index in [2.05, 4.69) is 28.3 Å². The van der Waals surface area contributed by atoms with Crippen molar-refractivity contribution in [2.24, 2.45) is 0 Å². The highest BCUT2D eigenvalue weighted by atomic mass is 19.1. The van der Waals surface area contributed by atoms with Gasteiger partial charge in [0.1, 0.15) is 5.82 Å². The predicted octanol–water partition coefficient (Wildman–Crippen LogP) is 3.03. The molecule has 2 N–H and O–H groups in total. The SMILES string of the molecule is CN1CCN(c2ccc(C(=O)NCCc3c[nH]c4ccccc34)cc2F)CC1. The number of nitrogens with zero attached hydrogens (tertiary/aromatic N) is 2. The minimum absolute atomic E-state index is 0.247. The maximum absolute atomic E-state index is 14.6. The van der Waals surface area contributed by atoms with Gasteiger partial charge in [0.25, 0.3) is 5.91 Å². The second-order valence-corrected chi connectivity index (χ2v) is 7.32. The van der Waals surface area contributed by atoms with Gasteiger partial charge in [-0.05, 0) is 43.3 Å². The molecule has 146 valence electrons. The summed E-state index contributed by atoms with van der Waals surface area (Å²) in [5, 5.41) is 4.06. The summed E-state index contributed by atoms with van der Waals surface area (Å²) >= 11 is 0. The molecule has 0 saturated carbocycles. The van der Waals surface area contributed by atoms with Gasteiger partial charge < -0.3 is 20.1 Å². The average molecular weight is 380 g/mol. The molecule has 0 bridgehead atoms. The van der Waals surface area contributed by atoms with Gasteiger partial charge in [-0.1, -0.05) is 18.2 Å². The highest BCUT2D eigenvalue weighted by Crippen LogP contribution is 2.22. The number of hydrogen-bond acceptors (Lipinski definition) is 3. The van der Waals surface area contributed by atoms with E-state index < -0.39 is 0 Å². The molecule has 1 fully saturated rings. The van der Waals surface area contributed by atoms with Crippen LogP contribution in [0.4, 0.5) is 10.1 Å². The van der Waals surface area contributed by atoms with Gasteiger partial charge in [0, 0.05) is 55.4 Å². The number of amides is 1. The molecule has 1 saturated heterocycles. The van der Waals surface area contributed by atoms with Gasteiger partial charge in [-0.3, -0.25) is 4.79 Å². The lowest BCUT2D eigenvalue weighted by Crippen LogP contribution is -2.44. The van der Waals surface area contributed by atoms with Gasteiger partial charge in [-0.25, -0.2) is 4.39 Å². The number of aromatic amines is 1. The molecule has 2 heterocycles. The summed E-state index contributed by atoms with van der Waals surface area (Å²) < 4.78 is 14.6. The number of likely N-dealkylation sites (N-methyl/N-ethyl adjacent to an activating group) is 1. The molecule has 0 radical (unpaired) electrons. The van der Waals surface area contributed by atoms with Crippen molar-refractivity contribution in [1.82, 2.24) is 15.2 Å². The zero-order chi connectivity index (χ0) is 19.5. The molecule has 2 aromatic carbocycles. The number of halogens is 1. The van der Waals surface area contributed by atoms with Crippen molar-refractivity contribution in [3.05, 3.63) is 65.6 Å². The number of benzene rings is 2. The van der Waals surface area contributed by atoms with Crippen molar-refractivity contribution < 1.29 is 9.18 Å². The summed E-state index contributed by atoms with van der Waals surface area (Å²) in [6, 6.07) is 12.9. The molecule has 0 aliphatic carbocycles. The van der Waals surface area contributed by atoms with Crippen LogP contribution in [0.15, 0.2) is 48.7 Å². The highest BCUT2D eigenvalue weighted by Gasteiger charge is 2.18. The number of nitrogens with one attached hydrogen (secondary N) is 2. The van der Waals surface area contributed by atoms with Crippen molar-refractivity contribution >= 4 is 22.5 Å². The minimum atomic E-state index is -0.339. The second-order valence-electron chi connectivity index (χ2n) is 7.32. The van der Waals surface area contributed by atoms with Crippen LogP contribution in [0.1, 0.15) is 15.9 Å². The lowest BCUT2D eigenvalue weighted by molar-refractivity contribution is 0.0953. The predicted molar refractivity (Wildman–Crippen MR) is 110 cm³/mol. The van der Waals surface area contributed by atoms with Crippen molar-refractivity contribution in [2.75, 3.05) is 44.7 Å². The van der Waals surface area contributed by atoms with E-state index in [9.17, 15) is 9.18 Å². The molecule has 0 atom stereocenters. The number of para-hydroxylation sites is 1.